The third-order valence-electron chi connectivity index (χ3n) is 2.24. The van der Waals surface area contributed by atoms with Gasteiger partial charge in [-0.1, -0.05) is 13.8 Å². The van der Waals surface area contributed by atoms with Gasteiger partial charge in [-0.25, -0.2) is 13.1 Å². The lowest BCUT2D eigenvalue weighted by atomic mass is 10.2. The van der Waals surface area contributed by atoms with Crippen molar-refractivity contribution in [2.75, 3.05) is 26.8 Å². The first-order valence-corrected chi connectivity index (χ1v) is 7.74. The second kappa shape index (κ2) is 7.64. The third kappa shape index (κ3) is 5.73. The van der Waals surface area contributed by atoms with Gasteiger partial charge in [-0.2, -0.15) is 0 Å². The van der Waals surface area contributed by atoms with Crippen LogP contribution in [0.3, 0.4) is 0 Å². The highest BCUT2D eigenvalue weighted by atomic mass is 32.2. The van der Waals surface area contributed by atoms with Crippen LogP contribution in [0, 0.1) is 5.92 Å². The largest absolute Gasteiger partial charge is 0.447 e. The van der Waals surface area contributed by atoms with Crippen molar-refractivity contribution in [1.29, 1.82) is 0 Å². The van der Waals surface area contributed by atoms with E-state index in [1.165, 1.54) is 6.07 Å². The summed E-state index contributed by atoms with van der Waals surface area (Å²) in [6, 6.07) is 3.09. The molecule has 0 fully saturated rings. The van der Waals surface area contributed by atoms with Crippen LogP contribution in [0.1, 0.15) is 19.6 Å². The standard InChI is InChI=1S/C12H22N2O4S/c1-10(2)9-17-7-6-14-19(15,16)12-5-4-11(18-12)8-13-3/h4-5,10,13-14H,6-9H2,1-3H3. The Morgan fingerprint density at radius 1 is 1.37 bits per heavy atom. The van der Waals surface area contributed by atoms with Crippen LogP contribution in [0.4, 0.5) is 0 Å². The van der Waals surface area contributed by atoms with E-state index < -0.39 is 10.0 Å². The fourth-order valence-corrected chi connectivity index (χ4v) is 2.37. The molecule has 1 rings (SSSR count). The molecule has 0 atom stereocenters. The molecule has 2 N–H and O–H groups in total. The number of hydrogen-bond acceptors (Lipinski definition) is 5. The van der Waals surface area contributed by atoms with Crippen molar-refractivity contribution < 1.29 is 17.6 Å². The first kappa shape index (κ1) is 16.2. The zero-order valence-electron chi connectivity index (χ0n) is 11.6. The number of nitrogens with one attached hydrogen (secondary N) is 2. The highest BCUT2D eigenvalue weighted by molar-refractivity contribution is 7.89. The lowest BCUT2D eigenvalue weighted by Gasteiger charge is -2.07. The van der Waals surface area contributed by atoms with Gasteiger partial charge in [-0.3, -0.25) is 0 Å². The van der Waals surface area contributed by atoms with Crippen molar-refractivity contribution in [3.05, 3.63) is 17.9 Å². The third-order valence-corrected chi connectivity index (χ3v) is 3.58. The molecule has 0 bridgehead atoms. The van der Waals surface area contributed by atoms with E-state index in [1.807, 2.05) is 13.8 Å². The minimum atomic E-state index is -3.58. The van der Waals surface area contributed by atoms with E-state index in [2.05, 4.69) is 10.0 Å². The molecule has 0 saturated carbocycles. The molecule has 0 aromatic carbocycles. The van der Waals surface area contributed by atoms with Crippen LogP contribution in [-0.4, -0.2) is 35.2 Å². The first-order chi connectivity index (χ1) is 8.95. The van der Waals surface area contributed by atoms with Crippen LogP contribution in [0.15, 0.2) is 21.6 Å². The van der Waals surface area contributed by atoms with Crippen molar-refractivity contribution in [2.45, 2.75) is 25.5 Å². The summed E-state index contributed by atoms with van der Waals surface area (Å²) in [6.45, 7) is 5.77. The van der Waals surface area contributed by atoms with E-state index >= 15 is 0 Å². The Morgan fingerprint density at radius 3 is 2.74 bits per heavy atom. The van der Waals surface area contributed by atoms with E-state index in [1.54, 1.807) is 13.1 Å². The summed E-state index contributed by atoms with van der Waals surface area (Å²) in [7, 11) is -1.82. The molecule has 0 saturated heterocycles. The maximum atomic E-state index is 11.9. The molecule has 0 aliphatic carbocycles. The Kier molecular flexibility index (Phi) is 6.50. The van der Waals surface area contributed by atoms with Crippen LogP contribution < -0.4 is 10.0 Å². The minimum absolute atomic E-state index is 0.0680. The van der Waals surface area contributed by atoms with Gasteiger partial charge in [0, 0.05) is 13.2 Å². The molecule has 1 aromatic rings. The van der Waals surface area contributed by atoms with Gasteiger partial charge in [-0.15, -0.1) is 0 Å². The molecule has 0 amide bonds. The predicted molar refractivity (Wildman–Crippen MR) is 72.3 cm³/mol. The second-order valence-corrected chi connectivity index (χ2v) is 6.32. The molecule has 0 spiro atoms. The zero-order valence-corrected chi connectivity index (χ0v) is 12.4. The summed E-state index contributed by atoms with van der Waals surface area (Å²) in [5, 5.41) is 2.82. The van der Waals surface area contributed by atoms with Gasteiger partial charge in [0.2, 0.25) is 5.09 Å². The fraction of sp³-hybridized carbons (Fsp3) is 0.667. The van der Waals surface area contributed by atoms with Crippen LogP contribution >= 0.6 is 0 Å². The molecule has 0 radical (unpaired) electrons. The number of rotatable bonds is 9. The van der Waals surface area contributed by atoms with Crippen molar-refractivity contribution in [1.82, 2.24) is 10.0 Å². The molecule has 1 aromatic heterocycles. The lowest BCUT2D eigenvalue weighted by molar-refractivity contribution is 0.114. The average molecular weight is 290 g/mol. The predicted octanol–water partition coefficient (Wildman–Crippen LogP) is 0.950. The smallest absolute Gasteiger partial charge is 0.274 e. The SMILES string of the molecule is CNCc1ccc(S(=O)(=O)NCCOCC(C)C)o1. The van der Waals surface area contributed by atoms with Crippen LogP contribution in [0.2, 0.25) is 0 Å². The quantitative estimate of drug-likeness (QED) is 0.662. The summed E-state index contributed by atoms with van der Waals surface area (Å²) < 4.78 is 36.7. The Balaban J connectivity index is 2.42. The average Bonchev–Trinajstić information content (AvgIpc) is 2.78. The lowest BCUT2D eigenvalue weighted by Crippen LogP contribution is -2.27. The number of hydrogen-bond donors (Lipinski definition) is 2. The van der Waals surface area contributed by atoms with Gasteiger partial charge in [0.05, 0.1) is 13.2 Å². The van der Waals surface area contributed by atoms with Crippen LogP contribution in [0.5, 0.6) is 0 Å². The van der Waals surface area contributed by atoms with Crippen molar-refractivity contribution in [3.8, 4) is 0 Å². The Hall–Kier alpha value is -0.890. The highest BCUT2D eigenvalue weighted by Crippen LogP contribution is 2.13. The molecule has 1 heterocycles. The van der Waals surface area contributed by atoms with Gasteiger partial charge < -0.3 is 14.5 Å². The van der Waals surface area contributed by atoms with E-state index in [0.29, 0.717) is 31.4 Å². The molecule has 110 valence electrons. The van der Waals surface area contributed by atoms with Crippen molar-refractivity contribution >= 4 is 10.0 Å². The van der Waals surface area contributed by atoms with Gasteiger partial charge in [0.1, 0.15) is 5.76 Å². The Morgan fingerprint density at radius 2 is 2.11 bits per heavy atom. The fourth-order valence-electron chi connectivity index (χ4n) is 1.41. The first-order valence-electron chi connectivity index (χ1n) is 6.26. The molecule has 0 aliphatic heterocycles. The highest BCUT2D eigenvalue weighted by Gasteiger charge is 2.17. The molecular weight excluding hydrogens is 268 g/mol. The van der Waals surface area contributed by atoms with Gasteiger partial charge in [0.15, 0.2) is 0 Å². The number of furan rings is 1. The normalized spacial score (nSPS) is 12.2. The summed E-state index contributed by atoms with van der Waals surface area (Å²) in [6.07, 6.45) is 0. The second-order valence-electron chi connectivity index (χ2n) is 4.62. The summed E-state index contributed by atoms with van der Waals surface area (Å²) >= 11 is 0. The van der Waals surface area contributed by atoms with Crippen molar-refractivity contribution in [3.63, 3.8) is 0 Å². The number of ether oxygens (including phenoxy) is 1. The van der Waals surface area contributed by atoms with Gasteiger partial charge in [0.25, 0.3) is 10.0 Å². The summed E-state index contributed by atoms with van der Waals surface area (Å²) in [4.78, 5) is 0. The van der Waals surface area contributed by atoms with Gasteiger partial charge in [-0.05, 0) is 25.1 Å². The molecule has 0 unspecified atom stereocenters. The van der Waals surface area contributed by atoms with E-state index in [9.17, 15) is 8.42 Å². The molecule has 7 heteroatoms. The molecule has 19 heavy (non-hydrogen) atoms. The summed E-state index contributed by atoms with van der Waals surface area (Å²) in [5.74, 6) is 1.02. The molecule has 6 nitrogen and oxygen atoms in total. The maximum Gasteiger partial charge on any atom is 0.274 e. The van der Waals surface area contributed by atoms with E-state index in [4.69, 9.17) is 9.15 Å². The van der Waals surface area contributed by atoms with Gasteiger partial charge >= 0.3 is 0 Å². The topological polar surface area (TPSA) is 80.6 Å². The molecule has 0 aliphatic rings. The Bertz CT molecular complexity index is 468. The maximum absolute atomic E-state index is 11.9. The van der Waals surface area contributed by atoms with E-state index in [0.717, 1.165) is 0 Å². The van der Waals surface area contributed by atoms with E-state index in [-0.39, 0.29) is 11.6 Å². The summed E-state index contributed by atoms with van der Waals surface area (Å²) in [5.41, 5.74) is 0. The molecular formula is C12H22N2O4S. The number of sulfonamides is 1. The zero-order chi connectivity index (χ0) is 14.3. The Labute approximate surface area is 114 Å². The van der Waals surface area contributed by atoms with Crippen LogP contribution in [0.25, 0.3) is 0 Å². The minimum Gasteiger partial charge on any atom is -0.447 e. The van der Waals surface area contributed by atoms with Crippen molar-refractivity contribution in [2.24, 2.45) is 5.92 Å². The monoisotopic (exact) mass is 290 g/mol. The van der Waals surface area contributed by atoms with Crippen LogP contribution in [-0.2, 0) is 21.3 Å².